The van der Waals surface area contributed by atoms with Crippen molar-refractivity contribution in [2.45, 2.75) is 25.5 Å². The molecule has 2 aromatic heterocycles. The minimum absolute atomic E-state index is 0.584. The van der Waals surface area contributed by atoms with Crippen LogP contribution in [0.25, 0.3) is 16.8 Å². The van der Waals surface area contributed by atoms with Crippen molar-refractivity contribution >= 4 is 28.6 Å². The Hall–Kier alpha value is -2.47. The van der Waals surface area contributed by atoms with Crippen molar-refractivity contribution in [3.63, 3.8) is 0 Å². The van der Waals surface area contributed by atoms with Crippen molar-refractivity contribution in [1.82, 2.24) is 19.2 Å². The van der Waals surface area contributed by atoms with Crippen LogP contribution >= 0.6 is 11.8 Å². The van der Waals surface area contributed by atoms with Gasteiger partial charge in [-0.2, -0.15) is 0 Å². The number of fused-ring (bicyclic) bond motifs is 3. The third-order valence-corrected chi connectivity index (χ3v) is 4.96. The zero-order chi connectivity index (χ0) is 17.2. The predicted octanol–water partition coefficient (Wildman–Crippen LogP) is 4.18. The molecule has 0 aliphatic heterocycles. The molecule has 0 aliphatic carbocycles. The fourth-order valence-electron chi connectivity index (χ4n) is 2.97. The summed E-state index contributed by atoms with van der Waals surface area (Å²) in [7, 11) is 0. The molecule has 0 N–H and O–H groups in total. The van der Waals surface area contributed by atoms with Crippen LogP contribution in [0.15, 0.2) is 53.7 Å². The SMILES string of the molecule is CCSc1nnc2n(CCOc3ccc(C)cc3)c3ccccc3n12. The van der Waals surface area contributed by atoms with Crippen molar-refractivity contribution in [1.29, 1.82) is 0 Å². The fraction of sp³-hybridized carbons (Fsp3) is 0.263. The minimum atomic E-state index is 0.584. The smallest absolute Gasteiger partial charge is 0.237 e. The van der Waals surface area contributed by atoms with E-state index in [2.05, 4.69) is 69.4 Å². The molecule has 0 aliphatic rings. The lowest BCUT2D eigenvalue weighted by Crippen LogP contribution is -2.08. The summed E-state index contributed by atoms with van der Waals surface area (Å²) in [5.74, 6) is 2.73. The Morgan fingerprint density at radius 2 is 1.76 bits per heavy atom. The Balaban J connectivity index is 1.64. The summed E-state index contributed by atoms with van der Waals surface area (Å²) in [5, 5.41) is 9.69. The zero-order valence-corrected chi connectivity index (χ0v) is 15.2. The molecule has 0 unspecified atom stereocenters. The first-order valence-electron chi connectivity index (χ1n) is 8.42. The van der Waals surface area contributed by atoms with Crippen LogP contribution in [0.2, 0.25) is 0 Å². The fourth-order valence-corrected chi connectivity index (χ4v) is 3.64. The van der Waals surface area contributed by atoms with Crippen molar-refractivity contribution in [2.75, 3.05) is 12.4 Å². The van der Waals surface area contributed by atoms with E-state index in [0.29, 0.717) is 6.61 Å². The van der Waals surface area contributed by atoms with Crippen LogP contribution in [-0.2, 0) is 6.54 Å². The van der Waals surface area contributed by atoms with Crippen molar-refractivity contribution in [3.05, 3.63) is 54.1 Å². The van der Waals surface area contributed by atoms with E-state index < -0.39 is 0 Å². The Labute approximate surface area is 150 Å². The van der Waals surface area contributed by atoms with Gasteiger partial charge in [-0.15, -0.1) is 10.2 Å². The highest BCUT2D eigenvalue weighted by atomic mass is 32.2. The Morgan fingerprint density at radius 1 is 1.00 bits per heavy atom. The zero-order valence-electron chi connectivity index (χ0n) is 14.3. The lowest BCUT2D eigenvalue weighted by atomic mass is 10.2. The third-order valence-electron chi connectivity index (χ3n) is 4.15. The number of para-hydroxylation sites is 2. The molecule has 2 aromatic carbocycles. The molecule has 0 saturated carbocycles. The van der Waals surface area contributed by atoms with Crippen LogP contribution in [0.4, 0.5) is 0 Å². The normalized spacial score (nSPS) is 11.4. The van der Waals surface area contributed by atoms with Gasteiger partial charge in [0.15, 0.2) is 5.16 Å². The molecule has 4 rings (SSSR count). The van der Waals surface area contributed by atoms with E-state index in [9.17, 15) is 0 Å². The Morgan fingerprint density at radius 3 is 2.52 bits per heavy atom. The van der Waals surface area contributed by atoms with Gasteiger partial charge in [0, 0.05) is 0 Å². The predicted molar refractivity (Wildman–Crippen MR) is 102 cm³/mol. The second-order valence-electron chi connectivity index (χ2n) is 5.85. The molecule has 0 saturated heterocycles. The van der Waals surface area contributed by atoms with Crippen molar-refractivity contribution < 1.29 is 4.74 Å². The van der Waals surface area contributed by atoms with E-state index in [1.165, 1.54) is 5.56 Å². The number of hydrogen-bond donors (Lipinski definition) is 0. The highest BCUT2D eigenvalue weighted by molar-refractivity contribution is 7.99. The van der Waals surface area contributed by atoms with Gasteiger partial charge in [-0.25, -0.2) is 0 Å². The number of imidazole rings is 1. The quantitative estimate of drug-likeness (QED) is 0.488. The average molecular weight is 352 g/mol. The summed E-state index contributed by atoms with van der Waals surface area (Å²) >= 11 is 1.71. The minimum Gasteiger partial charge on any atom is -0.492 e. The van der Waals surface area contributed by atoms with Gasteiger partial charge in [-0.05, 0) is 36.9 Å². The number of benzene rings is 2. The van der Waals surface area contributed by atoms with E-state index in [4.69, 9.17) is 4.74 Å². The molecule has 0 atom stereocenters. The van der Waals surface area contributed by atoms with Crippen molar-refractivity contribution in [2.24, 2.45) is 0 Å². The van der Waals surface area contributed by atoms with Gasteiger partial charge in [0.2, 0.25) is 5.78 Å². The third kappa shape index (κ3) is 2.98. The first-order chi connectivity index (χ1) is 12.3. The summed E-state index contributed by atoms with van der Waals surface area (Å²) in [6.45, 7) is 5.50. The van der Waals surface area contributed by atoms with Gasteiger partial charge in [0.05, 0.1) is 17.6 Å². The number of hydrogen-bond acceptors (Lipinski definition) is 4. The summed E-state index contributed by atoms with van der Waals surface area (Å²) in [5.41, 5.74) is 3.52. The number of thioether (sulfide) groups is 1. The molecule has 128 valence electrons. The first-order valence-corrected chi connectivity index (χ1v) is 9.41. The Bertz CT molecular complexity index is 1000. The standard InChI is InChI=1S/C19H20N4OS/c1-3-25-19-21-20-18-22(16-6-4-5-7-17(16)23(18)19)12-13-24-15-10-8-14(2)9-11-15/h4-11H,3,12-13H2,1-2H3. The lowest BCUT2D eigenvalue weighted by molar-refractivity contribution is 0.301. The second kappa shape index (κ2) is 6.80. The molecular weight excluding hydrogens is 332 g/mol. The topological polar surface area (TPSA) is 44.3 Å². The maximum absolute atomic E-state index is 5.90. The van der Waals surface area contributed by atoms with Gasteiger partial charge in [-0.1, -0.05) is 48.5 Å². The molecule has 0 spiro atoms. The average Bonchev–Trinajstić information content (AvgIpc) is 3.17. The molecule has 5 nitrogen and oxygen atoms in total. The van der Waals surface area contributed by atoms with E-state index in [0.717, 1.165) is 40.0 Å². The molecule has 0 amide bonds. The maximum Gasteiger partial charge on any atom is 0.237 e. The monoisotopic (exact) mass is 352 g/mol. The first kappa shape index (κ1) is 16.0. The number of ether oxygens (including phenoxy) is 1. The van der Waals surface area contributed by atoms with Gasteiger partial charge < -0.3 is 9.30 Å². The summed E-state index contributed by atoms with van der Waals surface area (Å²) in [6, 6.07) is 16.5. The van der Waals surface area contributed by atoms with Crippen molar-refractivity contribution in [3.8, 4) is 5.75 Å². The van der Waals surface area contributed by atoms with Gasteiger partial charge in [0.1, 0.15) is 12.4 Å². The van der Waals surface area contributed by atoms with Gasteiger partial charge in [0.25, 0.3) is 0 Å². The molecule has 25 heavy (non-hydrogen) atoms. The molecule has 6 heteroatoms. The summed E-state index contributed by atoms with van der Waals surface area (Å²) in [6.07, 6.45) is 0. The van der Waals surface area contributed by atoms with E-state index >= 15 is 0 Å². The number of nitrogens with zero attached hydrogens (tertiary/aromatic N) is 4. The number of rotatable bonds is 6. The lowest BCUT2D eigenvalue weighted by Gasteiger charge is -2.08. The van der Waals surface area contributed by atoms with E-state index in [1.807, 2.05) is 12.1 Å². The van der Waals surface area contributed by atoms with E-state index in [1.54, 1.807) is 11.8 Å². The summed E-state index contributed by atoms with van der Waals surface area (Å²) < 4.78 is 10.2. The summed E-state index contributed by atoms with van der Waals surface area (Å²) in [4.78, 5) is 0. The Kier molecular flexibility index (Phi) is 4.36. The maximum atomic E-state index is 5.90. The van der Waals surface area contributed by atoms with Crippen LogP contribution in [-0.4, -0.2) is 31.5 Å². The van der Waals surface area contributed by atoms with Gasteiger partial charge >= 0.3 is 0 Å². The van der Waals surface area contributed by atoms with E-state index in [-0.39, 0.29) is 0 Å². The molecule has 0 fully saturated rings. The number of aryl methyl sites for hydroxylation is 1. The van der Waals surface area contributed by atoms with Crippen LogP contribution in [0.3, 0.4) is 0 Å². The highest BCUT2D eigenvalue weighted by Crippen LogP contribution is 2.25. The largest absolute Gasteiger partial charge is 0.492 e. The molecule has 0 bridgehead atoms. The van der Waals surface area contributed by atoms with Gasteiger partial charge in [-0.3, -0.25) is 4.40 Å². The van der Waals surface area contributed by atoms with Crippen LogP contribution in [0.5, 0.6) is 5.75 Å². The van der Waals surface area contributed by atoms with Crippen LogP contribution < -0.4 is 4.74 Å². The van der Waals surface area contributed by atoms with Crippen LogP contribution in [0.1, 0.15) is 12.5 Å². The molecular formula is C19H20N4OS. The molecule has 2 heterocycles. The second-order valence-corrected chi connectivity index (χ2v) is 7.08. The molecule has 4 aromatic rings. The molecule has 0 radical (unpaired) electrons. The highest BCUT2D eigenvalue weighted by Gasteiger charge is 2.16. The van der Waals surface area contributed by atoms with Crippen LogP contribution in [0, 0.1) is 6.92 Å². The number of aromatic nitrogens is 4.